The Kier molecular flexibility index (Phi) is 6.34. The maximum atomic E-state index is 12.8. The van der Waals surface area contributed by atoms with Crippen molar-refractivity contribution in [3.63, 3.8) is 0 Å². The van der Waals surface area contributed by atoms with Gasteiger partial charge in [-0.15, -0.1) is 0 Å². The quantitative estimate of drug-likeness (QED) is 0.408. The molecule has 3 aromatic carbocycles. The van der Waals surface area contributed by atoms with Crippen LogP contribution in [0.5, 0.6) is 5.75 Å². The van der Waals surface area contributed by atoms with E-state index in [9.17, 15) is 4.79 Å². The molecule has 0 atom stereocenters. The normalized spacial score (nSPS) is 10.6. The van der Waals surface area contributed by atoms with Gasteiger partial charge in [0.2, 0.25) is 0 Å². The molecule has 1 N–H and O–H groups in total. The number of aryl methyl sites for hydroxylation is 1. The lowest BCUT2D eigenvalue weighted by Gasteiger charge is -2.12. The molecule has 0 saturated carbocycles. The van der Waals surface area contributed by atoms with Crippen LogP contribution in [0, 0.1) is 0 Å². The molecular weight excluding hydrogens is 410 g/mol. The Hall–Kier alpha value is -3.57. The number of hydrogen-bond acceptors (Lipinski definition) is 3. The number of carbonyl (C=O) groups excluding carboxylic acids is 1. The van der Waals surface area contributed by atoms with Crippen LogP contribution in [0.4, 0.5) is 0 Å². The van der Waals surface area contributed by atoms with E-state index in [1.807, 2.05) is 72.8 Å². The Morgan fingerprint density at radius 2 is 1.65 bits per heavy atom. The molecule has 0 fully saturated rings. The fraction of sp³-hybridized carbons (Fsp3) is 0.120. The van der Waals surface area contributed by atoms with Crippen molar-refractivity contribution in [3.8, 4) is 28.1 Å². The summed E-state index contributed by atoms with van der Waals surface area (Å²) >= 11 is 6.30. The Morgan fingerprint density at radius 3 is 2.42 bits per heavy atom. The van der Waals surface area contributed by atoms with Crippen LogP contribution in [0.25, 0.3) is 22.4 Å². The fourth-order valence-corrected chi connectivity index (χ4v) is 3.60. The van der Waals surface area contributed by atoms with Crippen LogP contribution in [-0.2, 0) is 7.05 Å². The van der Waals surface area contributed by atoms with Gasteiger partial charge >= 0.3 is 0 Å². The molecule has 1 amide bonds. The lowest BCUT2D eigenvalue weighted by atomic mass is 10.1. The number of amides is 1. The van der Waals surface area contributed by atoms with E-state index >= 15 is 0 Å². The van der Waals surface area contributed by atoms with Crippen LogP contribution >= 0.6 is 11.6 Å². The van der Waals surface area contributed by atoms with Crippen LogP contribution in [0.15, 0.2) is 85.1 Å². The van der Waals surface area contributed by atoms with Crippen LogP contribution in [0.2, 0.25) is 5.02 Å². The van der Waals surface area contributed by atoms with Crippen LogP contribution in [-0.4, -0.2) is 28.8 Å². The SMILES string of the molecule is Cn1cc(C(=O)NCCOc2ccccc2-c2ccccc2)c(-c2ccccc2Cl)n1. The molecule has 0 unspecified atom stereocenters. The average molecular weight is 432 g/mol. The van der Waals surface area contributed by atoms with Gasteiger partial charge in [0.25, 0.3) is 5.91 Å². The molecule has 0 spiro atoms. The molecule has 1 heterocycles. The van der Waals surface area contributed by atoms with Gasteiger partial charge in [0, 0.05) is 24.4 Å². The predicted molar refractivity (Wildman–Crippen MR) is 123 cm³/mol. The van der Waals surface area contributed by atoms with E-state index in [2.05, 4.69) is 10.4 Å². The Labute approximate surface area is 186 Å². The monoisotopic (exact) mass is 431 g/mol. The second-order valence-corrected chi connectivity index (χ2v) is 7.42. The summed E-state index contributed by atoms with van der Waals surface area (Å²) < 4.78 is 7.57. The molecule has 6 heteroatoms. The van der Waals surface area contributed by atoms with Gasteiger partial charge in [0.1, 0.15) is 18.1 Å². The van der Waals surface area contributed by atoms with E-state index in [-0.39, 0.29) is 5.91 Å². The van der Waals surface area contributed by atoms with E-state index in [0.717, 1.165) is 22.4 Å². The van der Waals surface area contributed by atoms with Gasteiger partial charge in [-0.2, -0.15) is 5.10 Å². The molecule has 0 bridgehead atoms. The zero-order valence-electron chi connectivity index (χ0n) is 17.1. The van der Waals surface area contributed by atoms with Gasteiger partial charge in [0.05, 0.1) is 17.1 Å². The third kappa shape index (κ3) is 4.78. The number of nitrogens with zero attached hydrogens (tertiary/aromatic N) is 2. The first-order valence-corrected chi connectivity index (χ1v) is 10.4. The van der Waals surface area contributed by atoms with Crippen LogP contribution in [0.3, 0.4) is 0 Å². The minimum Gasteiger partial charge on any atom is -0.491 e. The topological polar surface area (TPSA) is 56.2 Å². The zero-order valence-corrected chi connectivity index (χ0v) is 17.8. The number of benzene rings is 3. The molecule has 31 heavy (non-hydrogen) atoms. The predicted octanol–water partition coefficient (Wildman–Crippen LogP) is 5.22. The first-order chi connectivity index (χ1) is 15.1. The zero-order chi connectivity index (χ0) is 21.6. The molecule has 0 aliphatic carbocycles. The Morgan fingerprint density at radius 1 is 0.968 bits per heavy atom. The Balaban J connectivity index is 1.41. The number of hydrogen-bond donors (Lipinski definition) is 1. The summed E-state index contributed by atoms with van der Waals surface area (Å²) in [5.41, 5.74) is 3.86. The Bertz CT molecular complexity index is 1190. The fourth-order valence-electron chi connectivity index (χ4n) is 3.38. The number of para-hydroxylation sites is 1. The molecule has 5 nitrogen and oxygen atoms in total. The molecule has 1 aromatic heterocycles. The van der Waals surface area contributed by atoms with Crippen LogP contribution in [0.1, 0.15) is 10.4 Å². The number of nitrogens with one attached hydrogen (secondary N) is 1. The van der Waals surface area contributed by atoms with Crippen molar-refractivity contribution in [2.24, 2.45) is 7.05 Å². The van der Waals surface area contributed by atoms with Crippen molar-refractivity contribution in [1.82, 2.24) is 15.1 Å². The third-order valence-electron chi connectivity index (χ3n) is 4.82. The molecule has 0 aliphatic heterocycles. The van der Waals surface area contributed by atoms with Gasteiger partial charge in [-0.3, -0.25) is 9.48 Å². The lowest BCUT2D eigenvalue weighted by Crippen LogP contribution is -2.28. The maximum absolute atomic E-state index is 12.8. The highest BCUT2D eigenvalue weighted by molar-refractivity contribution is 6.33. The summed E-state index contributed by atoms with van der Waals surface area (Å²) in [4.78, 5) is 12.8. The average Bonchev–Trinajstić information content (AvgIpc) is 3.19. The number of rotatable bonds is 7. The second-order valence-electron chi connectivity index (χ2n) is 7.01. The summed E-state index contributed by atoms with van der Waals surface area (Å²) in [6.07, 6.45) is 1.69. The van der Waals surface area contributed by atoms with E-state index in [4.69, 9.17) is 16.3 Å². The van der Waals surface area contributed by atoms with Gasteiger partial charge in [-0.05, 0) is 17.7 Å². The van der Waals surface area contributed by atoms with Gasteiger partial charge in [-0.25, -0.2) is 0 Å². The molecule has 0 saturated heterocycles. The number of halogens is 1. The molecule has 4 rings (SSSR count). The minimum atomic E-state index is -0.219. The summed E-state index contributed by atoms with van der Waals surface area (Å²) in [5.74, 6) is 0.559. The van der Waals surface area contributed by atoms with Crippen molar-refractivity contribution in [3.05, 3.63) is 95.6 Å². The maximum Gasteiger partial charge on any atom is 0.255 e. The highest BCUT2D eigenvalue weighted by Crippen LogP contribution is 2.30. The molecule has 0 aliphatic rings. The second kappa shape index (κ2) is 9.49. The summed E-state index contributed by atoms with van der Waals surface area (Å²) in [7, 11) is 1.78. The van der Waals surface area contributed by atoms with Gasteiger partial charge in [0.15, 0.2) is 0 Å². The molecular formula is C25H22ClN3O2. The smallest absolute Gasteiger partial charge is 0.255 e. The minimum absolute atomic E-state index is 0.219. The van der Waals surface area contributed by atoms with E-state index < -0.39 is 0 Å². The summed E-state index contributed by atoms with van der Waals surface area (Å²) in [6, 6.07) is 25.3. The summed E-state index contributed by atoms with van der Waals surface area (Å²) in [6.45, 7) is 0.704. The largest absolute Gasteiger partial charge is 0.491 e. The van der Waals surface area contributed by atoms with Gasteiger partial charge in [-0.1, -0.05) is 78.3 Å². The highest BCUT2D eigenvalue weighted by atomic mass is 35.5. The standard InChI is InChI=1S/C25H22ClN3O2/c1-29-17-21(24(28-29)20-12-5-7-13-22(20)26)25(30)27-15-16-31-23-14-8-6-11-19(23)18-9-3-2-4-10-18/h2-14,17H,15-16H2,1H3,(H,27,30). The van der Waals surface area contributed by atoms with E-state index in [0.29, 0.717) is 29.4 Å². The first-order valence-electron chi connectivity index (χ1n) is 9.97. The number of carbonyl (C=O) groups is 1. The van der Waals surface area contributed by atoms with Gasteiger partial charge < -0.3 is 10.1 Å². The van der Waals surface area contributed by atoms with E-state index in [1.54, 1.807) is 24.0 Å². The van der Waals surface area contributed by atoms with Crippen molar-refractivity contribution >= 4 is 17.5 Å². The van der Waals surface area contributed by atoms with Crippen molar-refractivity contribution in [2.45, 2.75) is 0 Å². The molecule has 4 aromatic rings. The number of ether oxygens (including phenoxy) is 1. The first kappa shape index (κ1) is 20.7. The highest BCUT2D eigenvalue weighted by Gasteiger charge is 2.18. The summed E-state index contributed by atoms with van der Waals surface area (Å²) in [5, 5.41) is 7.89. The van der Waals surface area contributed by atoms with Crippen molar-refractivity contribution in [1.29, 1.82) is 0 Å². The lowest BCUT2D eigenvalue weighted by molar-refractivity contribution is 0.0947. The third-order valence-corrected chi connectivity index (χ3v) is 5.15. The van der Waals surface area contributed by atoms with Crippen LogP contribution < -0.4 is 10.1 Å². The van der Waals surface area contributed by atoms with E-state index in [1.165, 1.54) is 0 Å². The molecule has 0 radical (unpaired) electrons. The van der Waals surface area contributed by atoms with Crippen molar-refractivity contribution in [2.75, 3.05) is 13.2 Å². The number of aromatic nitrogens is 2. The van der Waals surface area contributed by atoms with Crippen molar-refractivity contribution < 1.29 is 9.53 Å². The molecule has 156 valence electrons.